The highest BCUT2D eigenvalue weighted by atomic mass is 32.2. The molecule has 0 saturated carbocycles. The van der Waals surface area contributed by atoms with Crippen molar-refractivity contribution in [2.24, 2.45) is 5.41 Å². The maximum Gasteiger partial charge on any atom is 0.163 e. The summed E-state index contributed by atoms with van der Waals surface area (Å²) in [6.45, 7) is 4.32. The second-order valence-electron chi connectivity index (χ2n) is 9.79. The molecular formula is C29H30N2O3S. The molecular weight excluding hydrogens is 456 g/mol. The average Bonchev–Trinajstić information content (AvgIpc) is 3.00. The number of ether oxygens (including phenoxy) is 2. The predicted molar refractivity (Wildman–Crippen MR) is 142 cm³/mol. The number of carbonyl (C=O) groups is 1. The summed E-state index contributed by atoms with van der Waals surface area (Å²) in [6.07, 6.45) is 1.36. The second kappa shape index (κ2) is 9.34. The van der Waals surface area contributed by atoms with E-state index in [1.165, 1.54) is 0 Å². The topological polar surface area (TPSA) is 59.6 Å². The standard InChI is InChI=1S/C29H30N2O3S/c1-29(2)16-25-27(26(32)17-29)28(18-5-7-19(33-3)8-6-18)31-24-15-22(13-14-23(24)30-25)35-21-11-9-20(34-4)10-12-21/h5-15,28,30-31H,16-17H2,1-4H3. The van der Waals surface area contributed by atoms with Crippen LogP contribution in [0.3, 0.4) is 0 Å². The van der Waals surface area contributed by atoms with Gasteiger partial charge in [0.25, 0.3) is 0 Å². The van der Waals surface area contributed by atoms with Gasteiger partial charge in [0, 0.05) is 27.5 Å². The monoisotopic (exact) mass is 486 g/mol. The molecule has 3 aromatic rings. The van der Waals surface area contributed by atoms with E-state index in [2.05, 4.69) is 54.8 Å². The normalized spacial score (nSPS) is 18.5. The summed E-state index contributed by atoms with van der Waals surface area (Å²) in [5.41, 5.74) is 4.75. The van der Waals surface area contributed by atoms with E-state index >= 15 is 0 Å². The van der Waals surface area contributed by atoms with Gasteiger partial charge < -0.3 is 20.1 Å². The summed E-state index contributed by atoms with van der Waals surface area (Å²) >= 11 is 1.69. The van der Waals surface area contributed by atoms with E-state index in [1.54, 1.807) is 26.0 Å². The largest absolute Gasteiger partial charge is 0.497 e. The highest BCUT2D eigenvalue weighted by Gasteiger charge is 2.38. The number of rotatable bonds is 5. The molecule has 0 amide bonds. The molecule has 1 unspecified atom stereocenters. The first-order valence-electron chi connectivity index (χ1n) is 11.7. The quantitative estimate of drug-likeness (QED) is 0.402. The Labute approximate surface area is 210 Å². The molecule has 0 aromatic heterocycles. The predicted octanol–water partition coefficient (Wildman–Crippen LogP) is 7.08. The number of methoxy groups -OCH3 is 2. The van der Waals surface area contributed by atoms with Crippen LogP contribution < -0.4 is 20.1 Å². The van der Waals surface area contributed by atoms with E-state index in [1.807, 2.05) is 36.4 Å². The van der Waals surface area contributed by atoms with Crippen molar-refractivity contribution in [3.63, 3.8) is 0 Å². The first-order chi connectivity index (χ1) is 16.8. The van der Waals surface area contributed by atoms with Crippen LogP contribution in [0.25, 0.3) is 0 Å². The number of hydrogen-bond donors (Lipinski definition) is 2. The van der Waals surface area contributed by atoms with Crippen LogP contribution >= 0.6 is 11.8 Å². The molecule has 1 atom stereocenters. The number of hydrogen-bond acceptors (Lipinski definition) is 6. The van der Waals surface area contributed by atoms with Crippen LogP contribution in [0.5, 0.6) is 11.5 Å². The van der Waals surface area contributed by atoms with Gasteiger partial charge in [0.05, 0.1) is 31.6 Å². The van der Waals surface area contributed by atoms with Gasteiger partial charge in [-0.1, -0.05) is 37.7 Å². The van der Waals surface area contributed by atoms with E-state index in [9.17, 15) is 4.79 Å². The molecule has 6 heteroatoms. The number of fused-ring (bicyclic) bond motifs is 1. The van der Waals surface area contributed by atoms with E-state index in [0.717, 1.165) is 55.9 Å². The number of nitrogens with one attached hydrogen (secondary N) is 2. The minimum atomic E-state index is -0.241. The lowest BCUT2D eigenvalue weighted by Gasteiger charge is -2.34. The highest BCUT2D eigenvalue weighted by molar-refractivity contribution is 7.99. The van der Waals surface area contributed by atoms with Crippen LogP contribution in [0.1, 0.15) is 38.3 Å². The molecule has 2 aliphatic rings. The lowest BCUT2D eigenvalue weighted by Crippen LogP contribution is -2.31. The summed E-state index contributed by atoms with van der Waals surface area (Å²) in [7, 11) is 3.33. The Morgan fingerprint density at radius 3 is 2.11 bits per heavy atom. The van der Waals surface area contributed by atoms with E-state index in [-0.39, 0.29) is 17.2 Å². The number of carbonyl (C=O) groups excluding carboxylic acids is 1. The Morgan fingerprint density at radius 2 is 1.46 bits per heavy atom. The Morgan fingerprint density at radius 1 is 0.829 bits per heavy atom. The lowest BCUT2D eigenvalue weighted by atomic mass is 9.73. The lowest BCUT2D eigenvalue weighted by molar-refractivity contribution is -0.118. The van der Waals surface area contributed by atoms with Gasteiger partial charge in [-0.2, -0.15) is 0 Å². The SMILES string of the molecule is COc1ccc(Sc2ccc3c(c2)NC(c2ccc(OC)cc2)C2=C(CC(C)(C)CC2=O)N3)cc1. The number of ketones is 1. The minimum absolute atomic E-state index is 0.0813. The molecule has 3 aromatic carbocycles. The molecule has 1 heterocycles. The Balaban J connectivity index is 1.53. The van der Waals surface area contributed by atoms with Crippen LogP contribution in [-0.4, -0.2) is 20.0 Å². The number of benzene rings is 3. The van der Waals surface area contributed by atoms with Gasteiger partial charge in [0.1, 0.15) is 11.5 Å². The van der Waals surface area contributed by atoms with E-state index < -0.39 is 0 Å². The molecule has 1 aliphatic heterocycles. The van der Waals surface area contributed by atoms with E-state index in [4.69, 9.17) is 9.47 Å². The third-order valence-electron chi connectivity index (χ3n) is 6.53. The molecule has 35 heavy (non-hydrogen) atoms. The zero-order chi connectivity index (χ0) is 24.6. The van der Waals surface area contributed by atoms with Crippen LogP contribution in [-0.2, 0) is 4.79 Å². The molecule has 1 aliphatic carbocycles. The van der Waals surface area contributed by atoms with Crippen molar-refractivity contribution < 1.29 is 14.3 Å². The van der Waals surface area contributed by atoms with Gasteiger partial charge in [-0.05, 0) is 72.0 Å². The molecule has 180 valence electrons. The third kappa shape index (κ3) is 4.89. The van der Waals surface area contributed by atoms with Crippen molar-refractivity contribution in [3.05, 3.63) is 83.6 Å². The Hall–Kier alpha value is -3.38. The summed E-state index contributed by atoms with van der Waals surface area (Å²) in [6, 6.07) is 22.2. The summed E-state index contributed by atoms with van der Waals surface area (Å²) < 4.78 is 10.6. The Kier molecular flexibility index (Phi) is 6.24. The van der Waals surface area contributed by atoms with Crippen molar-refractivity contribution in [3.8, 4) is 11.5 Å². The van der Waals surface area contributed by atoms with Crippen LogP contribution in [0.2, 0.25) is 0 Å². The number of allylic oxidation sites excluding steroid dienone is 1. The van der Waals surface area contributed by atoms with Crippen molar-refractivity contribution >= 4 is 28.9 Å². The minimum Gasteiger partial charge on any atom is -0.497 e. The van der Waals surface area contributed by atoms with Gasteiger partial charge in [-0.15, -0.1) is 0 Å². The first kappa shape index (κ1) is 23.4. The van der Waals surface area contributed by atoms with Gasteiger partial charge >= 0.3 is 0 Å². The molecule has 0 spiro atoms. The first-order valence-corrected chi connectivity index (χ1v) is 12.6. The molecule has 2 N–H and O–H groups in total. The van der Waals surface area contributed by atoms with Crippen LogP contribution in [0.4, 0.5) is 11.4 Å². The zero-order valence-corrected chi connectivity index (χ0v) is 21.3. The molecule has 5 nitrogen and oxygen atoms in total. The molecule has 0 saturated heterocycles. The maximum absolute atomic E-state index is 13.4. The highest BCUT2D eigenvalue weighted by Crippen LogP contribution is 2.46. The zero-order valence-electron chi connectivity index (χ0n) is 20.5. The fourth-order valence-electron chi connectivity index (χ4n) is 4.81. The average molecular weight is 487 g/mol. The second-order valence-corrected chi connectivity index (χ2v) is 10.9. The van der Waals surface area contributed by atoms with Gasteiger partial charge in [-0.25, -0.2) is 0 Å². The smallest absolute Gasteiger partial charge is 0.163 e. The Bertz CT molecular complexity index is 1280. The van der Waals surface area contributed by atoms with Gasteiger partial charge in [-0.3, -0.25) is 4.79 Å². The molecule has 0 radical (unpaired) electrons. The van der Waals surface area contributed by atoms with E-state index in [0.29, 0.717) is 6.42 Å². The van der Waals surface area contributed by atoms with Crippen molar-refractivity contribution in [2.75, 3.05) is 24.9 Å². The summed E-state index contributed by atoms with van der Waals surface area (Å²) in [4.78, 5) is 15.7. The fraction of sp³-hybridized carbons (Fsp3) is 0.276. The fourth-order valence-corrected chi connectivity index (χ4v) is 5.67. The third-order valence-corrected chi connectivity index (χ3v) is 7.53. The summed E-state index contributed by atoms with van der Waals surface area (Å²) in [5.74, 6) is 1.83. The molecule has 0 bridgehead atoms. The van der Waals surface area contributed by atoms with Crippen LogP contribution in [0.15, 0.2) is 87.8 Å². The van der Waals surface area contributed by atoms with Crippen molar-refractivity contribution in [1.29, 1.82) is 0 Å². The molecule has 5 rings (SSSR count). The van der Waals surface area contributed by atoms with Crippen molar-refractivity contribution in [2.45, 2.75) is 42.5 Å². The van der Waals surface area contributed by atoms with Gasteiger partial charge in [0.15, 0.2) is 5.78 Å². The van der Waals surface area contributed by atoms with Crippen LogP contribution in [0, 0.1) is 5.41 Å². The maximum atomic E-state index is 13.4. The number of Topliss-reactive ketones (excluding diaryl/α,β-unsaturated/α-hetero) is 1. The number of anilines is 2. The van der Waals surface area contributed by atoms with Crippen molar-refractivity contribution in [1.82, 2.24) is 0 Å². The molecule has 0 fully saturated rings. The van der Waals surface area contributed by atoms with Gasteiger partial charge in [0.2, 0.25) is 0 Å². The summed E-state index contributed by atoms with van der Waals surface area (Å²) in [5, 5.41) is 7.32.